The summed E-state index contributed by atoms with van der Waals surface area (Å²) >= 11 is 2.21. The van der Waals surface area contributed by atoms with Gasteiger partial charge in [0, 0.05) is 53.5 Å². The third-order valence-corrected chi connectivity index (χ3v) is 9.94. The third-order valence-electron chi connectivity index (χ3n) is 9.14. The lowest BCUT2D eigenvalue weighted by molar-refractivity contribution is -0.120. The molecular formula is C38H47IN2O5. The van der Waals surface area contributed by atoms with Crippen LogP contribution >= 0.6 is 22.6 Å². The highest BCUT2D eigenvalue weighted by Gasteiger charge is 2.49. The maximum absolute atomic E-state index is 14.1. The van der Waals surface area contributed by atoms with Crippen molar-refractivity contribution in [1.82, 2.24) is 4.90 Å². The number of hydrogen-bond acceptors (Lipinski definition) is 6. The fourth-order valence-corrected chi connectivity index (χ4v) is 8.09. The van der Waals surface area contributed by atoms with E-state index in [0.29, 0.717) is 30.9 Å². The number of carbonyl (C=O) groups excluding carboxylic acids is 3. The smallest absolute Gasteiger partial charge is 0.262 e. The molecule has 0 saturated carbocycles. The van der Waals surface area contributed by atoms with Gasteiger partial charge >= 0.3 is 0 Å². The van der Waals surface area contributed by atoms with Gasteiger partial charge in [-0.3, -0.25) is 14.4 Å². The number of nitrogens with one attached hydrogen (secondary N) is 1. The first kappa shape index (κ1) is 34.2. The maximum atomic E-state index is 14.1. The normalized spacial score (nSPS) is 19.2. The van der Waals surface area contributed by atoms with Crippen LogP contribution in [0.4, 0.5) is 5.69 Å². The second-order valence-corrected chi connectivity index (χ2v) is 15.8. The van der Waals surface area contributed by atoms with E-state index < -0.39 is 5.92 Å². The molecule has 1 amide bonds. The van der Waals surface area contributed by atoms with Crippen molar-refractivity contribution in [1.29, 1.82) is 0 Å². The van der Waals surface area contributed by atoms with Gasteiger partial charge in [-0.05, 0) is 103 Å². The number of rotatable bonds is 9. The van der Waals surface area contributed by atoms with Gasteiger partial charge in [0.05, 0.1) is 10.2 Å². The summed E-state index contributed by atoms with van der Waals surface area (Å²) in [6, 6.07) is 9.79. The Morgan fingerprint density at radius 2 is 1.52 bits per heavy atom. The average molecular weight is 739 g/mol. The molecule has 0 spiro atoms. The van der Waals surface area contributed by atoms with Crippen molar-refractivity contribution >= 4 is 45.8 Å². The van der Waals surface area contributed by atoms with Crippen LogP contribution in [0.2, 0.25) is 0 Å². The van der Waals surface area contributed by atoms with E-state index in [-0.39, 0.29) is 34.9 Å². The van der Waals surface area contributed by atoms with E-state index in [0.717, 1.165) is 74.3 Å². The Morgan fingerprint density at radius 3 is 2.07 bits per heavy atom. The number of amides is 1. The molecule has 0 fully saturated rings. The lowest BCUT2D eigenvalue weighted by atomic mass is 9.63. The first-order chi connectivity index (χ1) is 21.6. The summed E-state index contributed by atoms with van der Waals surface area (Å²) in [5.41, 5.74) is 6.99. The number of benzene rings is 2. The molecule has 7 nitrogen and oxygen atoms in total. The van der Waals surface area contributed by atoms with Crippen LogP contribution < -0.4 is 14.8 Å². The Bertz CT molecular complexity index is 1600. The molecule has 0 saturated heterocycles. The van der Waals surface area contributed by atoms with Gasteiger partial charge in [0.1, 0.15) is 0 Å². The first-order valence-electron chi connectivity index (χ1n) is 16.4. The van der Waals surface area contributed by atoms with Crippen LogP contribution in [0.5, 0.6) is 11.5 Å². The van der Waals surface area contributed by atoms with E-state index in [2.05, 4.69) is 67.4 Å². The SMILES string of the molecule is CCCN1C2=C(C(=O)CC(C)(C)C2)C(c2cc(I)c(OCC(=O)Nc3ccc(C)cc3C)c(OCC)c2)C2=C1CC(C)(C)CC2=O. The Kier molecular flexibility index (Phi) is 9.79. The van der Waals surface area contributed by atoms with Crippen molar-refractivity contribution in [2.75, 3.05) is 25.1 Å². The Morgan fingerprint density at radius 1 is 0.913 bits per heavy atom. The second kappa shape index (κ2) is 13.2. The number of nitrogens with zero attached hydrogens (tertiary/aromatic N) is 1. The van der Waals surface area contributed by atoms with Crippen LogP contribution in [-0.4, -0.2) is 42.1 Å². The highest BCUT2D eigenvalue weighted by atomic mass is 127. The number of allylic oxidation sites excluding steroid dienone is 4. The molecule has 1 heterocycles. The zero-order valence-corrected chi connectivity index (χ0v) is 30.6. The van der Waals surface area contributed by atoms with Gasteiger partial charge in [-0.1, -0.05) is 52.3 Å². The van der Waals surface area contributed by atoms with Gasteiger partial charge in [0.25, 0.3) is 5.91 Å². The number of ether oxygens (including phenoxy) is 2. The molecule has 46 heavy (non-hydrogen) atoms. The Hall–Kier alpha value is -3.14. The molecule has 0 bridgehead atoms. The van der Waals surface area contributed by atoms with Gasteiger partial charge in [-0.2, -0.15) is 0 Å². The summed E-state index contributed by atoms with van der Waals surface area (Å²) in [5, 5.41) is 2.94. The zero-order chi connectivity index (χ0) is 33.6. The molecule has 0 aromatic heterocycles. The van der Waals surface area contributed by atoms with Gasteiger partial charge < -0.3 is 19.7 Å². The molecule has 8 heteroatoms. The summed E-state index contributed by atoms with van der Waals surface area (Å²) in [7, 11) is 0. The molecule has 2 aromatic rings. The lowest BCUT2D eigenvalue weighted by Crippen LogP contribution is -2.44. The second-order valence-electron chi connectivity index (χ2n) is 14.6. The summed E-state index contributed by atoms with van der Waals surface area (Å²) in [5.74, 6) is 0.445. The Labute approximate surface area is 287 Å². The third kappa shape index (κ3) is 6.92. The van der Waals surface area contributed by atoms with Crippen molar-refractivity contribution < 1.29 is 23.9 Å². The molecule has 5 rings (SSSR count). The zero-order valence-electron chi connectivity index (χ0n) is 28.5. The van der Waals surface area contributed by atoms with E-state index in [1.165, 1.54) is 0 Å². The molecule has 2 aromatic carbocycles. The molecule has 3 aliphatic rings. The van der Waals surface area contributed by atoms with Crippen molar-refractivity contribution in [2.24, 2.45) is 10.8 Å². The molecule has 0 radical (unpaired) electrons. The summed E-state index contributed by atoms with van der Waals surface area (Å²) in [4.78, 5) is 43.4. The minimum absolute atomic E-state index is 0.109. The van der Waals surface area contributed by atoms with Crippen LogP contribution in [0.25, 0.3) is 0 Å². The van der Waals surface area contributed by atoms with Gasteiger partial charge in [0.2, 0.25) is 0 Å². The first-order valence-corrected chi connectivity index (χ1v) is 17.5. The monoisotopic (exact) mass is 738 g/mol. The highest BCUT2D eigenvalue weighted by Crippen LogP contribution is 2.55. The van der Waals surface area contributed by atoms with E-state index in [4.69, 9.17) is 9.47 Å². The summed E-state index contributed by atoms with van der Waals surface area (Å²) in [6.45, 7) is 17.6. The molecule has 0 unspecified atom stereocenters. The molecule has 1 aliphatic heterocycles. The minimum atomic E-state index is -0.472. The predicted octanol–water partition coefficient (Wildman–Crippen LogP) is 8.42. The van der Waals surface area contributed by atoms with Crippen LogP contribution in [-0.2, 0) is 14.4 Å². The topological polar surface area (TPSA) is 84.9 Å². The number of anilines is 1. The maximum Gasteiger partial charge on any atom is 0.262 e. The highest BCUT2D eigenvalue weighted by molar-refractivity contribution is 14.1. The van der Waals surface area contributed by atoms with Crippen LogP contribution in [0.3, 0.4) is 0 Å². The van der Waals surface area contributed by atoms with Crippen LogP contribution in [0, 0.1) is 28.2 Å². The molecule has 246 valence electrons. The van der Waals surface area contributed by atoms with E-state index in [1.807, 2.05) is 51.1 Å². The number of Topliss-reactive ketones (excluding diaryl/α,β-unsaturated/α-hetero) is 2. The number of aryl methyl sites for hydroxylation is 2. The predicted molar refractivity (Wildman–Crippen MR) is 190 cm³/mol. The Balaban J connectivity index is 1.57. The average Bonchev–Trinajstić information content (AvgIpc) is 2.93. The van der Waals surface area contributed by atoms with Crippen LogP contribution in [0.15, 0.2) is 52.9 Å². The molecule has 0 atom stereocenters. The minimum Gasteiger partial charge on any atom is -0.490 e. The molecule has 2 aliphatic carbocycles. The van der Waals surface area contributed by atoms with Crippen molar-refractivity contribution in [3.8, 4) is 11.5 Å². The van der Waals surface area contributed by atoms with Gasteiger partial charge in [-0.25, -0.2) is 0 Å². The fourth-order valence-electron chi connectivity index (χ4n) is 7.31. The quantitative estimate of drug-likeness (QED) is 0.260. The number of hydrogen-bond donors (Lipinski definition) is 1. The number of ketones is 2. The fraction of sp³-hybridized carbons (Fsp3) is 0.500. The summed E-state index contributed by atoms with van der Waals surface area (Å²) < 4.78 is 13.0. The summed E-state index contributed by atoms with van der Waals surface area (Å²) in [6.07, 6.45) is 3.36. The lowest BCUT2D eigenvalue weighted by Gasteiger charge is -2.49. The van der Waals surface area contributed by atoms with Crippen molar-refractivity contribution in [3.05, 3.63) is 73.1 Å². The van der Waals surface area contributed by atoms with E-state index in [1.54, 1.807) is 0 Å². The van der Waals surface area contributed by atoms with Crippen molar-refractivity contribution in [3.63, 3.8) is 0 Å². The largest absolute Gasteiger partial charge is 0.490 e. The molecule has 1 N–H and O–H groups in total. The number of carbonyl (C=O) groups is 3. The number of halogens is 1. The van der Waals surface area contributed by atoms with Gasteiger partial charge in [0.15, 0.2) is 29.7 Å². The van der Waals surface area contributed by atoms with Gasteiger partial charge in [-0.15, -0.1) is 0 Å². The van der Waals surface area contributed by atoms with Crippen molar-refractivity contribution in [2.45, 2.75) is 93.4 Å². The van der Waals surface area contributed by atoms with E-state index >= 15 is 0 Å². The standard InChI is InChI=1S/C38H47IN2O5/c1-9-13-41-27-17-37(5,6)19-29(42)34(27)33(35-28(41)18-38(7,8)20-30(35)43)24-15-25(39)36(31(16-24)45-10-2)46-21-32(44)40-26-12-11-22(3)14-23(26)4/h11-12,14-16,33H,9-10,13,17-21H2,1-8H3,(H,40,44). The van der Waals surface area contributed by atoms with E-state index in [9.17, 15) is 14.4 Å². The molecular weight excluding hydrogens is 691 g/mol. The van der Waals surface area contributed by atoms with Crippen LogP contribution in [0.1, 0.15) is 96.3 Å².